The Bertz CT molecular complexity index is 816. The van der Waals surface area contributed by atoms with Crippen LogP contribution in [0.1, 0.15) is 84.9 Å². The first-order chi connectivity index (χ1) is 15.5. The fourth-order valence-corrected chi connectivity index (χ4v) is 3.65. The van der Waals surface area contributed by atoms with Gasteiger partial charge >= 0.3 is 0 Å². The number of rotatable bonds is 15. The van der Waals surface area contributed by atoms with Gasteiger partial charge in [-0.3, -0.25) is 9.59 Å². The first-order valence-corrected chi connectivity index (χ1v) is 11.3. The lowest BCUT2D eigenvalue weighted by Gasteiger charge is -2.07. The zero-order valence-corrected chi connectivity index (χ0v) is 19.1. The SMILES string of the molecule is COc1ccc(C(=O)CCCCCCCCCCC(=O)c2ccc(OC)cc2O)c(O)c1. The van der Waals surface area contributed by atoms with E-state index in [1.165, 1.54) is 26.4 Å². The topological polar surface area (TPSA) is 93.1 Å². The molecule has 2 N–H and O–H groups in total. The number of phenols is 2. The Hall–Kier alpha value is -3.02. The van der Waals surface area contributed by atoms with Crippen LogP contribution < -0.4 is 9.47 Å². The van der Waals surface area contributed by atoms with Crippen LogP contribution in [0.2, 0.25) is 0 Å². The lowest BCUT2D eigenvalue weighted by Crippen LogP contribution is -2.00. The van der Waals surface area contributed by atoms with Gasteiger partial charge in [0.25, 0.3) is 0 Å². The van der Waals surface area contributed by atoms with E-state index in [2.05, 4.69) is 0 Å². The highest BCUT2D eigenvalue weighted by Gasteiger charge is 2.12. The van der Waals surface area contributed by atoms with Crippen molar-refractivity contribution in [1.29, 1.82) is 0 Å². The predicted octanol–water partition coefficient (Wildman–Crippen LogP) is 6.08. The van der Waals surface area contributed by atoms with Gasteiger partial charge in [-0.05, 0) is 37.1 Å². The number of hydrogen-bond acceptors (Lipinski definition) is 6. The van der Waals surface area contributed by atoms with Crippen molar-refractivity contribution in [2.24, 2.45) is 0 Å². The van der Waals surface area contributed by atoms with Crippen molar-refractivity contribution in [3.63, 3.8) is 0 Å². The van der Waals surface area contributed by atoms with Crippen LogP contribution in [0.25, 0.3) is 0 Å². The van der Waals surface area contributed by atoms with E-state index in [0.717, 1.165) is 51.4 Å². The molecule has 0 radical (unpaired) electrons. The fourth-order valence-electron chi connectivity index (χ4n) is 3.65. The first kappa shape index (κ1) is 25.2. The number of carbonyl (C=O) groups is 2. The molecule has 174 valence electrons. The Kier molecular flexibility index (Phi) is 10.6. The lowest BCUT2D eigenvalue weighted by atomic mass is 10.0. The van der Waals surface area contributed by atoms with Gasteiger partial charge in [0.1, 0.15) is 23.0 Å². The molecule has 6 heteroatoms. The number of ketones is 2. The average Bonchev–Trinajstić information content (AvgIpc) is 2.79. The molecule has 0 amide bonds. The number of carbonyl (C=O) groups excluding carboxylic acids is 2. The summed E-state index contributed by atoms with van der Waals surface area (Å²) in [7, 11) is 3.04. The molecule has 2 rings (SSSR count). The van der Waals surface area contributed by atoms with Crippen LogP contribution in [0, 0.1) is 0 Å². The lowest BCUT2D eigenvalue weighted by molar-refractivity contribution is 0.0967. The van der Waals surface area contributed by atoms with Crippen molar-refractivity contribution in [2.75, 3.05) is 14.2 Å². The first-order valence-electron chi connectivity index (χ1n) is 11.3. The molecule has 2 aromatic carbocycles. The van der Waals surface area contributed by atoms with Gasteiger partial charge in [-0.1, -0.05) is 38.5 Å². The summed E-state index contributed by atoms with van der Waals surface area (Å²) in [6.07, 6.45) is 8.80. The van der Waals surface area contributed by atoms with Gasteiger partial charge in [-0.15, -0.1) is 0 Å². The van der Waals surface area contributed by atoms with Gasteiger partial charge in [0, 0.05) is 25.0 Å². The molecule has 0 aliphatic rings. The van der Waals surface area contributed by atoms with Crippen LogP contribution in [0.15, 0.2) is 36.4 Å². The van der Waals surface area contributed by atoms with Gasteiger partial charge < -0.3 is 19.7 Å². The molecular formula is C26H34O6. The summed E-state index contributed by atoms with van der Waals surface area (Å²) in [6, 6.07) is 9.50. The van der Waals surface area contributed by atoms with E-state index in [0.29, 0.717) is 35.5 Å². The maximum absolute atomic E-state index is 12.2. The van der Waals surface area contributed by atoms with E-state index < -0.39 is 0 Å². The van der Waals surface area contributed by atoms with Crippen molar-refractivity contribution in [3.8, 4) is 23.0 Å². The quantitative estimate of drug-likeness (QED) is 0.256. The average molecular weight is 443 g/mol. The van der Waals surface area contributed by atoms with E-state index in [1.54, 1.807) is 24.3 Å². The van der Waals surface area contributed by atoms with Gasteiger partial charge in [-0.25, -0.2) is 0 Å². The van der Waals surface area contributed by atoms with Crippen molar-refractivity contribution >= 4 is 11.6 Å². The minimum Gasteiger partial charge on any atom is -0.507 e. The Morgan fingerprint density at radius 2 is 0.969 bits per heavy atom. The summed E-state index contributed by atoms with van der Waals surface area (Å²) >= 11 is 0. The predicted molar refractivity (Wildman–Crippen MR) is 124 cm³/mol. The second kappa shape index (κ2) is 13.4. The monoisotopic (exact) mass is 442 g/mol. The standard InChI is InChI=1S/C26H34O6/c1-31-19-13-15-21(25(29)17-19)23(27)11-9-7-5-3-4-6-8-10-12-24(28)22-16-14-20(32-2)18-26(22)30/h13-18,29-30H,3-12H2,1-2H3. The molecule has 0 unspecified atom stereocenters. The molecule has 0 fully saturated rings. The molecule has 0 saturated heterocycles. The van der Waals surface area contributed by atoms with Gasteiger partial charge in [0.05, 0.1) is 25.3 Å². The Morgan fingerprint density at radius 1 is 0.625 bits per heavy atom. The third-order valence-electron chi connectivity index (χ3n) is 5.57. The van der Waals surface area contributed by atoms with E-state index in [-0.39, 0.29) is 23.1 Å². The van der Waals surface area contributed by atoms with Crippen LogP contribution in [-0.4, -0.2) is 36.0 Å². The molecule has 0 bridgehead atoms. The number of phenolic OH excluding ortho intramolecular Hbond substituents is 2. The molecule has 0 spiro atoms. The maximum atomic E-state index is 12.2. The Balaban J connectivity index is 1.52. The van der Waals surface area contributed by atoms with Crippen LogP contribution >= 0.6 is 0 Å². The van der Waals surface area contributed by atoms with E-state index in [1.807, 2.05) is 0 Å². The van der Waals surface area contributed by atoms with E-state index in [9.17, 15) is 19.8 Å². The van der Waals surface area contributed by atoms with Crippen LogP contribution in [0.5, 0.6) is 23.0 Å². The zero-order valence-electron chi connectivity index (χ0n) is 19.1. The minimum absolute atomic E-state index is 0.0324. The molecule has 32 heavy (non-hydrogen) atoms. The second-order valence-corrected chi connectivity index (χ2v) is 7.94. The molecule has 0 aliphatic carbocycles. The third kappa shape index (κ3) is 7.91. The highest BCUT2D eigenvalue weighted by molar-refractivity contribution is 5.99. The normalized spacial score (nSPS) is 10.7. The summed E-state index contributed by atoms with van der Waals surface area (Å²) in [5.41, 5.74) is 0.701. The van der Waals surface area contributed by atoms with E-state index >= 15 is 0 Å². The van der Waals surface area contributed by atoms with Crippen molar-refractivity contribution in [3.05, 3.63) is 47.5 Å². The summed E-state index contributed by atoms with van der Waals surface area (Å²) in [5, 5.41) is 19.9. The number of hydrogen-bond donors (Lipinski definition) is 2. The zero-order chi connectivity index (χ0) is 23.3. The third-order valence-corrected chi connectivity index (χ3v) is 5.57. The smallest absolute Gasteiger partial charge is 0.166 e. The van der Waals surface area contributed by atoms with Gasteiger partial charge in [-0.2, -0.15) is 0 Å². The van der Waals surface area contributed by atoms with E-state index in [4.69, 9.17) is 9.47 Å². The van der Waals surface area contributed by atoms with Crippen LogP contribution in [0.3, 0.4) is 0 Å². The number of aromatic hydroxyl groups is 2. The number of ether oxygens (including phenoxy) is 2. The molecular weight excluding hydrogens is 408 g/mol. The molecule has 6 nitrogen and oxygen atoms in total. The molecule has 0 aromatic heterocycles. The van der Waals surface area contributed by atoms with Crippen molar-refractivity contribution in [2.45, 2.75) is 64.2 Å². The highest BCUT2D eigenvalue weighted by Crippen LogP contribution is 2.26. The molecule has 0 heterocycles. The van der Waals surface area contributed by atoms with Crippen LogP contribution in [-0.2, 0) is 0 Å². The van der Waals surface area contributed by atoms with Crippen LogP contribution in [0.4, 0.5) is 0 Å². The van der Waals surface area contributed by atoms with Crippen molar-refractivity contribution in [1.82, 2.24) is 0 Å². The molecule has 0 aliphatic heterocycles. The largest absolute Gasteiger partial charge is 0.507 e. The number of unbranched alkanes of at least 4 members (excludes halogenated alkanes) is 7. The van der Waals surface area contributed by atoms with Crippen molar-refractivity contribution < 1.29 is 29.3 Å². The number of benzene rings is 2. The Morgan fingerprint density at radius 3 is 1.28 bits per heavy atom. The Labute approximate surface area is 190 Å². The minimum atomic E-state index is -0.0438. The summed E-state index contributed by atoms with van der Waals surface area (Å²) < 4.78 is 10.1. The molecule has 0 atom stereocenters. The highest BCUT2D eigenvalue weighted by atomic mass is 16.5. The van der Waals surface area contributed by atoms with Gasteiger partial charge in [0.15, 0.2) is 11.6 Å². The maximum Gasteiger partial charge on any atom is 0.166 e. The summed E-state index contributed by atoms with van der Waals surface area (Å²) in [6.45, 7) is 0. The van der Waals surface area contributed by atoms with Gasteiger partial charge in [0.2, 0.25) is 0 Å². The second-order valence-electron chi connectivity index (χ2n) is 7.94. The fraction of sp³-hybridized carbons (Fsp3) is 0.462. The molecule has 0 saturated carbocycles. The summed E-state index contributed by atoms with van der Waals surface area (Å²) in [5.74, 6) is 0.907. The number of Topliss-reactive ketones (excluding diaryl/α,β-unsaturated/α-hetero) is 2. The molecule has 2 aromatic rings. The number of methoxy groups -OCH3 is 2. The summed E-state index contributed by atoms with van der Waals surface area (Å²) in [4.78, 5) is 24.5.